The number of aromatic amines is 1. The minimum Gasteiger partial charge on any atom is -0.261 e. The van der Waals surface area contributed by atoms with Crippen molar-refractivity contribution in [1.82, 2.24) is 15.2 Å². The molecule has 3 heteroatoms. The summed E-state index contributed by atoms with van der Waals surface area (Å²) in [7, 11) is 0. The van der Waals surface area contributed by atoms with Gasteiger partial charge in [0.05, 0.1) is 6.20 Å². The van der Waals surface area contributed by atoms with Crippen molar-refractivity contribution >= 4 is 11.0 Å². The molecule has 0 aliphatic carbocycles. The smallest absolute Gasteiger partial charge is 0.155 e. The minimum absolute atomic E-state index is 0.796. The third kappa shape index (κ3) is 1.88. The standard InChI is InChI=1S/C11H11N3/c1-9-5-3-2-4-6-12-11-10(7-9)8-13-14-11/h2-8H,1H3,(H,12,13,14). The van der Waals surface area contributed by atoms with Crippen LogP contribution in [0.15, 0.2) is 42.7 Å². The van der Waals surface area contributed by atoms with Gasteiger partial charge in [0, 0.05) is 11.6 Å². The van der Waals surface area contributed by atoms with E-state index in [2.05, 4.69) is 15.2 Å². The van der Waals surface area contributed by atoms with Crippen molar-refractivity contribution in [3.8, 4) is 0 Å². The van der Waals surface area contributed by atoms with Gasteiger partial charge in [-0.2, -0.15) is 5.10 Å². The van der Waals surface area contributed by atoms with Crippen LogP contribution in [0.25, 0.3) is 11.0 Å². The maximum absolute atomic E-state index is 4.23. The molecular weight excluding hydrogens is 174 g/mol. The lowest BCUT2D eigenvalue weighted by Gasteiger charge is -1.84. The Morgan fingerprint density at radius 2 is 2.14 bits per heavy atom. The van der Waals surface area contributed by atoms with Gasteiger partial charge in [-0.15, -0.1) is 0 Å². The van der Waals surface area contributed by atoms with Gasteiger partial charge in [-0.05, 0) is 19.1 Å². The van der Waals surface area contributed by atoms with Crippen LogP contribution in [-0.4, -0.2) is 15.2 Å². The zero-order valence-electron chi connectivity index (χ0n) is 7.94. The molecule has 2 rings (SSSR count). The number of aromatic nitrogens is 3. The van der Waals surface area contributed by atoms with Gasteiger partial charge >= 0.3 is 0 Å². The second kappa shape index (κ2) is 3.87. The lowest BCUT2D eigenvalue weighted by molar-refractivity contribution is 1.10. The molecule has 0 aliphatic rings. The molecule has 2 heterocycles. The lowest BCUT2D eigenvalue weighted by atomic mass is 10.2. The van der Waals surface area contributed by atoms with E-state index in [-0.39, 0.29) is 0 Å². The topological polar surface area (TPSA) is 41.6 Å². The summed E-state index contributed by atoms with van der Waals surface area (Å²) in [5.74, 6) is 0. The monoisotopic (exact) mass is 185 g/mol. The molecule has 0 spiro atoms. The molecule has 0 saturated carbocycles. The summed E-state index contributed by atoms with van der Waals surface area (Å²) in [6.45, 7) is 2.05. The van der Waals surface area contributed by atoms with Crippen molar-refractivity contribution in [3.63, 3.8) is 0 Å². The Kier molecular flexibility index (Phi) is 2.40. The summed E-state index contributed by atoms with van der Waals surface area (Å²) in [6.07, 6.45) is 3.52. The Labute approximate surface area is 82.1 Å². The molecule has 0 fully saturated rings. The summed E-state index contributed by atoms with van der Waals surface area (Å²) in [4.78, 5) is 4.23. The second-order valence-electron chi connectivity index (χ2n) is 3.08. The number of nitrogens with one attached hydrogen (secondary N) is 1. The van der Waals surface area contributed by atoms with Crippen molar-refractivity contribution in [2.75, 3.05) is 0 Å². The van der Waals surface area contributed by atoms with Crippen LogP contribution in [-0.2, 0) is 0 Å². The number of hydrogen-bond acceptors (Lipinski definition) is 2. The molecule has 0 aliphatic heterocycles. The Hall–Kier alpha value is -1.90. The first-order chi connectivity index (χ1) is 6.86. The zero-order valence-corrected chi connectivity index (χ0v) is 7.94. The lowest BCUT2D eigenvalue weighted by Crippen LogP contribution is -1.71. The minimum atomic E-state index is 0.796. The van der Waals surface area contributed by atoms with E-state index < -0.39 is 0 Å². The number of nitrogens with zero attached hydrogens (tertiary/aromatic N) is 2. The Bertz CT molecular complexity index is 487. The van der Waals surface area contributed by atoms with Crippen molar-refractivity contribution in [2.24, 2.45) is 0 Å². The predicted octanol–water partition coefficient (Wildman–Crippen LogP) is 2.39. The van der Waals surface area contributed by atoms with Crippen LogP contribution in [0.2, 0.25) is 0 Å². The fourth-order valence-electron chi connectivity index (χ4n) is 1.23. The molecular formula is C11H11N3. The number of fused-ring (bicyclic) bond motifs is 1. The van der Waals surface area contributed by atoms with Crippen molar-refractivity contribution in [2.45, 2.75) is 6.92 Å². The van der Waals surface area contributed by atoms with Crippen LogP contribution >= 0.6 is 0 Å². The van der Waals surface area contributed by atoms with Gasteiger partial charge in [-0.25, -0.2) is 4.98 Å². The summed E-state index contributed by atoms with van der Waals surface area (Å²) in [6, 6.07) is 9.92. The quantitative estimate of drug-likeness (QED) is 0.684. The van der Waals surface area contributed by atoms with Gasteiger partial charge in [0.25, 0.3) is 0 Å². The van der Waals surface area contributed by atoms with Gasteiger partial charge in [-0.3, -0.25) is 5.10 Å². The Morgan fingerprint density at radius 3 is 3.07 bits per heavy atom. The molecule has 3 nitrogen and oxygen atoms in total. The van der Waals surface area contributed by atoms with Gasteiger partial charge in [0.15, 0.2) is 5.65 Å². The second-order valence-corrected chi connectivity index (χ2v) is 3.08. The largest absolute Gasteiger partial charge is 0.261 e. The van der Waals surface area contributed by atoms with E-state index in [1.165, 1.54) is 5.56 Å². The van der Waals surface area contributed by atoms with E-state index in [0.717, 1.165) is 11.0 Å². The molecule has 0 amide bonds. The van der Waals surface area contributed by atoms with Crippen molar-refractivity contribution in [1.29, 1.82) is 0 Å². The number of rotatable bonds is 0. The van der Waals surface area contributed by atoms with Crippen LogP contribution in [0.5, 0.6) is 0 Å². The van der Waals surface area contributed by atoms with Crippen LogP contribution < -0.4 is 0 Å². The highest BCUT2D eigenvalue weighted by atomic mass is 15.1. The molecule has 0 aromatic carbocycles. The van der Waals surface area contributed by atoms with Gasteiger partial charge in [-0.1, -0.05) is 23.8 Å². The molecule has 70 valence electrons. The van der Waals surface area contributed by atoms with Crippen LogP contribution in [0.1, 0.15) is 5.56 Å². The van der Waals surface area contributed by atoms with E-state index in [4.69, 9.17) is 0 Å². The number of H-pyrrole nitrogens is 1. The highest BCUT2D eigenvalue weighted by Gasteiger charge is 1.90. The summed E-state index contributed by atoms with van der Waals surface area (Å²) in [5.41, 5.74) is 1.97. The molecule has 0 saturated heterocycles. The van der Waals surface area contributed by atoms with Gasteiger partial charge in [0.1, 0.15) is 0 Å². The van der Waals surface area contributed by atoms with E-state index in [9.17, 15) is 0 Å². The zero-order chi connectivity index (χ0) is 9.80. The van der Waals surface area contributed by atoms with Crippen molar-refractivity contribution in [3.05, 3.63) is 48.3 Å². The third-order valence-electron chi connectivity index (χ3n) is 1.90. The first-order valence-electron chi connectivity index (χ1n) is 4.45. The van der Waals surface area contributed by atoms with Crippen LogP contribution in [0.4, 0.5) is 0 Å². The molecule has 1 N–H and O–H groups in total. The average Bonchev–Trinajstić information content (AvgIpc) is 2.59. The van der Waals surface area contributed by atoms with E-state index in [1.54, 1.807) is 12.4 Å². The highest BCUT2D eigenvalue weighted by molar-refractivity contribution is 5.72. The van der Waals surface area contributed by atoms with E-state index >= 15 is 0 Å². The molecule has 0 bridgehead atoms. The Morgan fingerprint density at radius 1 is 1.21 bits per heavy atom. The van der Waals surface area contributed by atoms with Crippen molar-refractivity contribution < 1.29 is 0 Å². The van der Waals surface area contributed by atoms with E-state index in [1.807, 2.05) is 37.3 Å². The maximum atomic E-state index is 4.23. The number of hydrogen-bond donors (Lipinski definition) is 1. The molecule has 2 aromatic heterocycles. The molecule has 0 atom stereocenters. The molecule has 2 aromatic rings. The fourth-order valence-corrected chi connectivity index (χ4v) is 1.23. The predicted molar refractivity (Wildman–Crippen MR) is 56.3 cm³/mol. The summed E-state index contributed by atoms with van der Waals surface area (Å²) in [5, 5.41) is 7.81. The summed E-state index contributed by atoms with van der Waals surface area (Å²) < 4.78 is 0. The van der Waals surface area contributed by atoms with Crippen LogP contribution in [0, 0.1) is 6.92 Å². The Balaban J connectivity index is 2.79. The van der Waals surface area contributed by atoms with Gasteiger partial charge < -0.3 is 0 Å². The third-order valence-corrected chi connectivity index (χ3v) is 1.90. The van der Waals surface area contributed by atoms with Gasteiger partial charge in [0.2, 0.25) is 0 Å². The normalized spacial score (nSPS) is 9.79. The molecule has 0 radical (unpaired) electrons. The van der Waals surface area contributed by atoms with Crippen LogP contribution in [0.3, 0.4) is 0 Å². The maximum Gasteiger partial charge on any atom is 0.155 e. The number of aryl methyl sites for hydroxylation is 1. The van der Waals surface area contributed by atoms with E-state index in [0.29, 0.717) is 0 Å². The first-order valence-corrected chi connectivity index (χ1v) is 4.45. The first kappa shape index (κ1) is 8.69. The SMILES string of the molecule is Cc1cccccnc2[nH]ncc2c1. The fraction of sp³-hybridized carbons (Fsp3) is 0.0909. The highest BCUT2D eigenvalue weighted by Crippen LogP contribution is 2.05. The molecule has 14 heavy (non-hydrogen) atoms. The average molecular weight is 185 g/mol. The molecule has 0 unspecified atom stereocenters. The summed E-state index contributed by atoms with van der Waals surface area (Å²) >= 11 is 0.